The fourth-order valence-corrected chi connectivity index (χ4v) is 4.18. The minimum absolute atomic E-state index is 0.0130. The van der Waals surface area contributed by atoms with E-state index in [0.717, 1.165) is 16.3 Å². The third-order valence-electron chi connectivity index (χ3n) is 5.12. The molecule has 0 aliphatic rings. The van der Waals surface area contributed by atoms with E-state index in [9.17, 15) is 13.2 Å². The van der Waals surface area contributed by atoms with Crippen LogP contribution in [-0.2, 0) is 21.2 Å². The first-order valence-electron chi connectivity index (χ1n) is 10.3. The van der Waals surface area contributed by atoms with Crippen LogP contribution in [0.3, 0.4) is 0 Å². The third kappa shape index (κ3) is 6.29. The number of sulfonamides is 1. The molecule has 2 aromatic carbocycles. The lowest BCUT2D eigenvalue weighted by Crippen LogP contribution is -2.33. The summed E-state index contributed by atoms with van der Waals surface area (Å²) in [5.74, 6) is 0.388. The molecule has 0 saturated carbocycles. The fraction of sp³-hybridized carbons (Fsp3) is 0.435. The Morgan fingerprint density at radius 1 is 1.10 bits per heavy atom. The maximum Gasteiger partial charge on any atom is 0.242 e. The molecule has 0 aliphatic carbocycles. The second-order valence-corrected chi connectivity index (χ2v) is 10.0. The second kappa shape index (κ2) is 10.7. The molecule has 2 aromatic rings. The Hall–Kier alpha value is -2.42. The summed E-state index contributed by atoms with van der Waals surface area (Å²) in [5.41, 5.74) is 2.70. The molecule has 1 atom stereocenters. The molecule has 0 saturated heterocycles. The molecule has 31 heavy (non-hydrogen) atoms. The molecule has 170 valence electrons. The monoisotopic (exact) mass is 447 g/mol. The van der Waals surface area contributed by atoms with Crippen molar-refractivity contribution in [3.63, 3.8) is 0 Å². The molecule has 0 spiro atoms. The van der Waals surface area contributed by atoms with E-state index in [1.807, 2.05) is 0 Å². The summed E-state index contributed by atoms with van der Waals surface area (Å²) in [7, 11) is 0.761. The molecule has 7 nitrogen and oxygen atoms in total. The van der Waals surface area contributed by atoms with Crippen molar-refractivity contribution < 1.29 is 17.9 Å². The van der Waals surface area contributed by atoms with Crippen molar-refractivity contribution in [3.05, 3.63) is 53.6 Å². The van der Waals surface area contributed by atoms with Gasteiger partial charge in [-0.15, -0.1) is 0 Å². The molecule has 1 amide bonds. The van der Waals surface area contributed by atoms with Crippen molar-refractivity contribution in [3.8, 4) is 5.75 Å². The number of hydrogen-bond donors (Lipinski definition) is 2. The van der Waals surface area contributed by atoms with Crippen molar-refractivity contribution in [1.82, 2.24) is 9.62 Å². The van der Waals surface area contributed by atoms with Gasteiger partial charge in [0, 0.05) is 20.1 Å². The summed E-state index contributed by atoms with van der Waals surface area (Å²) in [4.78, 5) is 12.7. The van der Waals surface area contributed by atoms with Crippen molar-refractivity contribution in [2.75, 3.05) is 33.1 Å². The average molecular weight is 448 g/mol. The zero-order chi connectivity index (χ0) is 23.2. The summed E-state index contributed by atoms with van der Waals surface area (Å²) in [6.45, 7) is 6.39. The topological polar surface area (TPSA) is 87.7 Å². The zero-order valence-corrected chi connectivity index (χ0v) is 19.9. The molecular weight excluding hydrogens is 414 g/mol. The number of carbonyl (C=O) groups excluding carboxylic acids is 1. The zero-order valence-electron chi connectivity index (χ0n) is 19.1. The molecule has 8 heteroatoms. The minimum Gasteiger partial charge on any atom is -0.495 e. The Kier molecular flexibility index (Phi) is 8.61. The van der Waals surface area contributed by atoms with Crippen LogP contribution in [0.1, 0.15) is 37.9 Å². The van der Waals surface area contributed by atoms with Gasteiger partial charge in [-0.2, -0.15) is 0 Å². The quantitative estimate of drug-likeness (QED) is 0.583. The number of ether oxygens (including phenoxy) is 1. The normalized spacial score (nSPS) is 12.8. The van der Waals surface area contributed by atoms with E-state index in [1.54, 1.807) is 0 Å². The van der Waals surface area contributed by atoms with E-state index >= 15 is 0 Å². The molecule has 2 rings (SSSR count). The number of methoxy groups -OCH3 is 1. The van der Waals surface area contributed by atoms with Crippen molar-refractivity contribution in [2.24, 2.45) is 5.92 Å². The highest BCUT2D eigenvalue weighted by atomic mass is 32.2. The average Bonchev–Trinajstić information content (AvgIpc) is 2.73. The van der Waals surface area contributed by atoms with E-state index in [1.165, 1.54) is 45.0 Å². The molecule has 0 radical (unpaired) electrons. The Balaban J connectivity index is 2.15. The van der Waals surface area contributed by atoms with Crippen LogP contribution < -0.4 is 15.4 Å². The molecule has 0 aromatic heterocycles. The fourth-order valence-electron chi connectivity index (χ4n) is 3.25. The van der Waals surface area contributed by atoms with Crippen molar-refractivity contribution >= 4 is 21.6 Å². The van der Waals surface area contributed by atoms with Crippen LogP contribution in [0.2, 0.25) is 0 Å². The number of aryl methyl sites for hydroxylation is 1. The number of amides is 1. The second-order valence-electron chi connectivity index (χ2n) is 7.90. The van der Waals surface area contributed by atoms with Gasteiger partial charge in [-0.05, 0) is 41.7 Å². The Morgan fingerprint density at radius 3 is 2.26 bits per heavy atom. The molecular formula is C23H33N3O4S. The van der Waals surface area contributed by atoms with E-state index < -0.39 is 10.0 Å². The number of nitrogens with zero attached hydrogens (tertiary/aromatic N) is 1. The molecule has 1 unspecified atom stereocenters. The van der Waals surface area contributed by atoms with Crippen molar-refractivity contribution in [2.45, 2.75) is 38.1 Å². The maximum absolute atomic E-state index is 12.6. The van der Waals surface area contributed by atoms with Crippen LogP contribution >= 0.6 is 0 Å². The summed E-state index contributed by atoms with van der Waals surface area (Å²) < 4.78 is 31.3. The van der Waals surface area contributed by atoms with Crippen LogP contribution in [0.4, 0.5) is 5.69 Å². The number of rotatable bonds is 10. The Bertz CT molecular complexity index is 986. The lowest BCUT2D eigenvalue weighted by atomic mass is 9.95. The molecule has 0 bridgehead atoms. The van der Waals surface area contributed by atoms with E-state index in [2.05, 4.69) is 55.7 Å². The lowest BCUT2D eigenvalue weighted by molar-refractivity contribution is -0.115. The molecule has 0 fully saturated rings. The van der Waals surface area contributed by atoms with Gasteiger partial charge in [-0.3, -0.25) is 4.79 Å². The van der Waals surface area contributed by atoms with Gasteiger partial charge in [0.25, 0.3) is 0 Å². The van der Waals surface area contributed by atoms with Gasteiger partial charge in [0.15, 0.2) is 0 Å². The molecule has 0 heterocycles. The third-order valence-corrected chi connectivity index (χ3v) is 6.93. The van der Waals surface area contributed by atoms with Gasteiger partial charge in [-0.25, -0.2) is 12.7 Å². The predicted molar refractivity (Wildman–Crippen MR) is 124 cm³/mol. The first-order chi connectivity index (χ1) is 14.6. The SMILES string of the molecule is CCc1ccc(C(NCC(=O)Nc2cc(S(=O)(=O)N(C)C)ccc2OC)C(C)C)cc1. The highest BCUT2D eigenvalue weighted by Gasteiger charge is 2.21. The van der Waals surface area contributed by atoms with Gasteiger partial charge in [0.2, 0.25) is 15.9 Å². The van der Waals surface area contributed by atoms with E-state index in [-0.39, 0.29) is 29.3 Å². The number of anilines is 1. The highest BCUT2D eigenvalue weighted by Crippen LogP contribution is 2.28. The predicted octanol–water partition coefficient (Wildman–Crippen LogP) is 3.43. The summed E-state index contributed by atoms with van der Waals surface area (Å²) >= 11 is 0. The van der Waals surface area contributed by atoms with Crippen LogP contribution in [0.25, 0.3) is 0 Å². The van der Waals surface area contributed by atoms with Gasteiger partial charge >= 0.3 is 0 Å². The number of hydrogen-bond acceptors (Lipinski definition) is 5. The first-order valence-corrected chi connectivity index (χ1v) is 11.8. The van der Waals surface area contributed by atoms with Gasteiger partial charge in [0.05, 0.1) is 24.2 Å². The smallest absolute Gasteiger partial charge is 0.242 e. The standard InChI is InChI=1S/C23H33N3O4S/c1-7-17-8-10-18(11-9-17)23(16(2)3)24-15-22(27)25-20-14-19(12-13-21(20)30-6)31(28,29)26(4)5/h8-14,16,23-24H,7,15H2,1-6H3,(H,25,27). The maximum atomic E-state index is 12.6. The van der Waals surface area contributed by atoms with Gasteiger partial charge in [0.1, 0.15) is 5.75 Å². The van der Waals surface area contributed by atoms with Crippen LogP contribution in [0, 0.1) is 5.92 Å². The number of nitrogens with one attached hydrogen (secondary N) is 2. The number of carbonyl (C=O) groups is 1. The Labute approximate surface area is 185 Å². The van der Waals surface area contributed by atoms with E-state index in [4.69, 9.17) is 4.74 Å². The molecule has 0 aliphatic heterocycles. The summed E-state index contributed by atoms with van der Waals surface area (Å²) in [5, 5.41) is 6.08. The minimum atomic E-state index is -3.63. The van der Waals surface area contributed by atoms with Crippen LogP contribution in [0.5, 0.6) is 5.75 Å². The van der Waals surface area contributed by atoms with Crippen LogP contribution in [-0.4, -0.2) is 46.4 Å². The van der Waals surface area contributed by atoms with Crippen LogP contribution in [0.15, 0.2) is 47.4 Å². The van der Waals surface area contributed by atoms with Gasteiger partial charge < -0.3 is 15.4 Å². The van der Waals surface area contributed by atoms with E-state index in [0.29, 0.717) is 11.4 Å². The summed E-state index contributed by atoms with van der Waals surface area (Å²) in [6, 6.07) is 12.8. The largest absolute Gasteiger partial charge is 0.495 e. The molecule has 2 N–H and O–H groups in total. The van der Waals surface area contributed by atoms with Crippen molar-refractivity contribution in [1.29, 1.82) is 0 Å². The number of benzene rings is 2. The summed E-state index contributed by atoms with van der Waals surface area (Å²) in [6.07, 6.45) is 0.979. The highest BCUT2D eigenvalue weighted by molar-refractivity contribution is 7.89. The first kappa shape index (κ1) is 24.8. The van der Waals surface area contributed by atoms with Gasteiger partial charge in [-0.1, -0.05) is 45.0 Å². The Morgan fingerprint density at radius 2 is 1.74 bits per heavy atom. The lowest BCUT2D eigenvalue weighted by Gasteiger charge is -2.23.